The molecule has 0 atom stereocenters. The number of aromatic nitrogens is 1. The number of fused-ring (bicyclic) bond motifs is 1. The Hall–Kier alpha value is -0.0200. The quantitative estimate of drug-likeness (QED) is 0.550. The smallest absolute Gasteiger partial charge is 0.777 e. The van der Waals surface area contributed by atoms with E-state index in [0.717, 1.165) is 23.3 Å². The molecule has 0 unspecified atom stereocenters. The first kappa shape index (κ1) is 12.1. The predicted molar refractivity (Wildman–Crippen MR) is 57.9 cm³/mol. The second-order valence-electron chi connectivity index (χ2n) is 3.23. The van der Waals surface area contributed by atoms with E-state index in [1.54, 1.807) is 0 Å². The molecule has 0 amide bonds. The van der Waals surface area contributed by atoms with Gasteiger partial charge in [0.15, 0.2) is 0 Å². The zero-order valence-corrected chi connectivity index (χ0v) is 11.4. The number of aryl methyl sites for hydroxylation is 1. The van der Waals surface area contributed by atoms with Crippen molar-refractivity contribution in [1.82, 2.24) is 4.98 Å². The van der Waals surface area contributed by atoms with Gasteiger partial charge in [0.2, 0.25) is 0 Å². The van der Waals surface area contributed by atoms with Gasteiger partial charge in [-0.2, -0.15) is 0 Å². The standard InChI is InChI=1S/C11H13NS.Na/c1-2-5-10-11(13)8-6-3-4-7-9(8)12-10;/h3-4,6-7,12-13H,2,5H2,1H3;/q;+1/p-1. The maximum absolute atomic E-state index is 5.36. The van der Waals surface area contributed by atoms with Gasteiger partial charge >= 0.3 is 29.6 Å². The van der Waals surface area contributed by atoms with E-state index in [-0.39, 0.29) is 29.6 Å². The molecule has 0 fully saturated rings. The average Bonchev–Trinajstić information content (AvgIpc) is 2.46. The molecular formula is C11H12NNaS. The zero-order valence-electron chi connectivity index (χ0n) is 8.63. The van der Waals surface area contributed by atoms with Crippen molar-refractivity contribution in [2.24, 2.45) is 0 Å². The van der Waals surface area contributed by atoms with Crippen molar-refractivity contribution >= 4 is 23.5 Å². The van der Waals surface area contributed by atoms with Crippen LogP contribution in [-0.2, 0) is 19.0 Å². The van der Waals surface area contributed by atoms with Crippen LogP contribution in [-0.4, -0.2) is 4.98 Å². The van der Waals surface area contributed by atoms with Crippen molar-refractivity contribution < 1.29 is 29.6 Å². The molecule has 0 saturated carbocycles. The van der Waals surface area contributed by atoms with Gasteiger partial charge in [-0.15, -0.1) is 4.90 Å². The Morgan fingerprint density at radius 2 is 2.00 bits per heavy atom. The Labute approximate surface area is 112 Å². The van der Waals surface area contributed by atoms with Crippen LogP contribution in [0.1, 0.15) is 19.0 Å². The summed E-state index contributed by atoms with van der Waals surface area (Å²) in [6.45, 7) is 2.17. The van der Waals surface area contributed by atoms with Crippen molar-refractivity contribution in [2.45, 2.75) is 24.7 Å². The molecule has 0 saturated heterocycles. The maximum Gasteiger partial charge on any atom is 1.00 e. The van der Waals surface area contributed by atoms with Crippen molar-refractivity contribution in [3.63, 3.8) is 0 Å². The molecule has 0 aliphatic rings. The second kappa shape index (κ2) is 5.17. The normalized spacial score (nSPS) is 10.1. The van der Waals surface area contributed by atoms with E-state index >= 15 is 0 Å². The first-order valence-electron chi connectivity index (χ1n) is 4.59. The summed E-state index contributed by atoms with van der Waals surface area (Å²) in [6, 6.07) is 8.21. The molecule has 0 spiro atoms. The number of aromatic amines is 1. The molecule has 0 bridgehead atoms. The van der Waals surface area contributed by atoms with E-state index in [0.29, 0.717) is 0 Å². The fourth-order valence-electron chi connectivity index (χ4n) is 1.60. The number of nitrogens with one attached hydrogen (secondary N) is 1. The van der Waals surface area contributed by atoms with Gasteiger partial charge in [0.05, 0.1) is 0 Å². The number of benzene rings is 1. The summed E-state index contributed by atoms with van der Waals surface area (Å²) < 4.78 is 0. The van der Waals surface area contributed by atoms with Gasteiger partial charge in [-0.05, 0) is 23.6 Å². The molecule has 1 aromatic heterocycles. The maximum atomic E-state index is 5.36. The Kier molecular flexibility index (Phi) is 4.45. The molecule has 0 radical (unpaired) electrons. The van der Waals surface area contributed by atoms with Crippen LogP contribution in [0.15, 0.2) is 29.2 Å². The van der Waals surface area contributed by atoms with Crippen LogP contribution < -0.4 is 29.6 Å². The number of rotatable bonds is 2. The van der Waals surface area contributed by atoms with Crippen molar-refractivity contribution in [3.8, 4) is 0 Å². The molecule has 1 N–H and O–H groups in total. The van der Waals surface area contributed by atoms with E-state index < -0.39 is 0 Å². The second-order valence-corrected chi connectivity index (χ2v) is 3.64. The molecular weight excluding hydrogens is 201 g/mol. The molecule has 2 aromatic rings. The van der Waals surface area contributed by atoms with E-state index in [4.69, 9.17) is 12.6 Å². The predicted octanol–water partition coefficient (Wildman–Crippen LogP) is 0.0302. The van der Waals surface area contributed by atoms with E-state index in [2.05, 4.69) is 24.0 Å². The first-order chi connectivity index (χ1) is 6.33. The van der Waals surface area contributed by atoms with Crippen LogP contribution in [0.5, 0.6) is 0 Å². The fourth-order valence-corrected chi connectivity index (χ4v) is 1.93. The number of para-hydroxylation sites is 1. The van der Waals surface area contributed by atoms with Gasteiger partial charge in [0.25, 0.3) is 0 Å². The van der Waals surface area contributed by atoms with Crippen LogP contribution in [0.3, 0.4) is 0 Å². The summed E-state index contributed by atoms with van der Waals surface area (Å²) in [6.07, 6.45) is 2.18. The third-order valence-electron chi connectivity index (χ3n) is 2.23. The Bertz CT molecular complexity index is 422. The molecule has 0 aliphatic carbocycles. The third-order valence-corrected chi connectivity index (χ3v) is 2.70. The minimum atomic E-state index is 0. The van der Waals surface area contributed by atoms with E-state index in [1.807, 2.05) is 12.1 Å². The van der Waals surface area contributed by atoms with Gasteiger partial charge in [-0.25, -0.2) is 0 Å². The van der Waals surface area contributed by atoms with Gasteiger partial charge in [-0.3, -0.25) is 0 Å². The van der Waals surface area contributed by atoms with Crippen LogP contribution >= 0.6 is 0 Å². The van der Waals surface area contributed by atoms with Gasteiger partial charge in [-0.1, -0.05) is 31.5 Å². The Morgan fingerprint density at radius 1 is 1.29 bits per heavy atom. The summed E-state index contributed by atoms with van der Waals surface area (Å²) >= 11 is 5.36. The molecule has 1 aromatic carbocycles. The molecule has 14 heavy (non-hydrogen) atoms. The monoisotopic (exact) mass is 213 g/mol. The molecule has 68 valence electrons. The topological polar surface area (TPSA) is 15.8 Å². The van der Waals surface area contributed by atoms with Crippen LogP contribution in [0.4, 0.5) is 0 Å². The zero-order chi connectivity index (χ0) is 9.26. The minimum absolute atomic E-state index is 0. The minimum Gasteiger partial charge on any atom is -0.777 e. The van der Waals surface area contributed by atoms with E-state index in [9.17, 15) is 0 Å². The van der Waals surface area contributed by atoms with Crippen molar-refractivity contribution in [1.29, 1.82) is 0 Å². The fraction of sp³-hybridized carbons (Fsp3) is 0.273. The van der Waals surface area contributed by atoms with Gasteiger partial charge < -0.3 is 17.6 Å². The largest absolute Gasteiger partial charge is 1.00 e. The molecule has 1 nitrogen and oxygen atoms in total. The first-order valence-corrected chi connectivity index (χ1v) is 5.00. The number of hydrogen-bond donors (Lipinski definition) is 1. The summed E-state index contributed by atoms with van der Waals surface area (Å²) in [5.41, 5.74) is 2.37. The Balaban J connectivity index is 0.000000980. The summed E-state index contributed by atoms with van der Waals surface area (Å²) in [5.74, 6) is 0. The van der Waals surface area contributed by atoms with Gasteiger partial charge in [0, 0.05) is 5.52 Å². The van der Waals surface area contributed by atoms with Crippen molar-refractivity contribution in [2.75, 3.05) is 0 Å². The van der Waals surface area contributed by atoms with Gasteiger partial charge in [0.1, 0.15) is 0 Å². The SMILES string of the molecule is CCCc1[nH]c2ccccc2c1[S-].[Na+]. The number of hydrogen-bond acceptors (Lipinski definition) is 1. The molecule has 1 heterocycles. The van der Waals surface area contributed by atoms with Crippen molar-refractivity contribution in [3.05, 3.63) is 30.0 Å². The number of H-pyrrole nitrogens is 1. The van der Waals surface area contributed by atoms with Crippen LogP contribution in [0.2, 0.25) is 0 Å². The van der Waals surface area contributed by atoms with E-state index in [1.165, 1.54) is 11.1 Å². The summed E-state index contributed by atoms with van der Waals surface area (Å²) in [7, 11) is 0. The van der Waals surface area contributed by atoms with Crippen LogP contribution in [0.25, 0.3) is 10.9 Å². The molecule has 2 rings (SSSR count). The molecule has 0 aliphatic heterocycles. The Morgan fingerprint density at radius 3 is 2.64 bits per heavy atom. The third kappa shape index (κ3) is 2.14. The van der Waals surface area contributed by atoms with Crippen LogP contribution in [0, 0.1) is 0 Å². The average molecular weight is 213 g/mol. The summed E-state index contributed by atoms with van der Waals surface area (Å²) in [4.78, 5) is 4.36. The molecule has 3 heteroatoms. The summed E-state index contributed by atoms with van der Waals surface area (Å²) in [5, 5.41) is 1.18.